The standard InChI is InChI=1S/C15H13ClFOPS.C6H12O.C2H6/c16-9-1-3-10(4-2-9)20-13-7-8-18-15-12(19)6-5-11(17)14(13)15;1-3-4-6(2)5-7;1-2/h1-6,13H,7-8,19H2;3,6-7H,1,4-5H2,2H3;1-2H3/t13-;;/m1../s1. The van der Waals surface area contributed by atoms with E-state index in [1.165, 1.54) is 6.07 Å². The summed E-state index contributed by atoms with van der Waals surface area (Å²) in [4.78, 5) is 1.08. The maximum atomic E-state index is 14.1. The number of hydrogen-bond donors (Lipinski definition) is 1. The van der Waals surface area contributed by atoms with E-state index in [0.717, 1.165) is 23.0 Å². The third-order valence-corrected chi connectivity index (χ3v) is 6.10. The summed E-state index contributed by atoms with van der Waals surface area (Å²) in [6, 6.07) is 10.9. The Morgan fingerprint density at radius 1 is 1.31 bits per heavy atom. The van der Waals surface area contributed by atoms with Gasteiger partial charge in [0.1, 0.15) is 11.6 Å². The molecule has 0 amide bonds. The molecule has 0 bridgehead atoms. The molecule has 6 heteroatoms. The molecule has 1 aliphatic heterocycles. The number of rotatable bonds is 5. The van der Waals surface area contributed by atoms with Gasteiger partial charge in [-0.25, -0.2) is 4.39 Å². The monoisotopic (exact) mass is 456 g/mol. The van der Waals surface area contributed by atoms with E-state index in [1.807, 2.05) is 51.1 Å². The van der Waals surface area contributed by atoms with Crippen molar-refractivity contribution in [1.29, 1.82) is 0 Å². The molecular weight excluding hydrogens is 426 g/mol. The smallest absolute Gasteiger partial charge is 0.133 e. The van der Waals surface area contributed by atoms with Crippen LogP contribution in [-0.4, -0.2) is 18.3 Å². The summed E-state index contributed by atoms with van der Waals surface area (Å²) in [5.74, 6) is 0.863. The predicted molar refractivity (Wildman–Crippen MR) is 128 cm³/mol. The minimum absolute atomic E-state index is 0.0698. The van der Waals surface area contributed by atoms with Crippen LogP contribution in [0.3, 0.4) is 0 Å². The van der Waals surface area contributed by atoms with Gasteiger partial charge in [-0.05, 0) is 55.2 Å². The normalized spacial score (nSPS) is 15.5. The average molecular weight is 457 g/mol. The third-order valence-electron chi connectivity index (χ3n) is 4.09. The summed E-state index contributed by atoms with van der Waals surface area (Å²) in [6.45, 7) is 10.4. The average Bonchev–Trinajstić information content (AvgIpc) is 2.74. The van der Waals surface area contributed by atoms with Gasteiger partial charge >= 0.3 is 0 Å². The number of halogens is 2. The number of aliphatic hydroxyl groups excluding tert-OH is 1. The van der Waals surface area contributed by atoms with Crippen molar-refractivity contribution in [2.45, 2.75) is 43.8 Å². The highest BCUT2D eigenvalue weighted by molar-refractivity contribution is 7.99. The molecule has 0 aliphatic carbocycles. The van der Waals surface area contributed by atoms with Gasteiger partial charge in [0.05, 0.1) is 6.61 Å². The Bertz CT molecular complexity index is 755. The summed E-state index contributed by atoms with van der Waals surface area (Å²) in [6.07, 6.45) is 3.53. The molecule has 2 aromatic rings. The topological polar surface area (TPSA) is 29.5 Å². The predicted octanol–water partition coefficient (Wildman–Crippen LogP) is 6.81. The van der Waals surface area contributed by atoms with Crippen molar-refractivity contribution in [2.75, 3.05) is 13.2 Å². The van der Waals surface area contributed by atoms with Crippen LogP contribution in [-0.2, 0) is 0 Å². The van der Waals surface area contributed by atoms with E-state index < -0.39 is 0 Å². The fourth-order valence-corrected chi connectivity index (χ4v) is 4.25. The van der Waals surface area contributed by atoms with Crippen molar-refractivity contribution >= 4 is 37.9 Å². The second-order valence-corrected chi connectivity index (χ2v) is 8.72. The third kappa shape index (κ3) is 8.30. The molecule has 160 valence electrons. The SMILES string of the molecule is C=CCC(C)CO.CC.Fc1ccc(P)c2c1[C@H](Sc1ccc(Cl)cc1)CCO2. The maximum Gasteiger partial charge on any atom is 0.133 e. The molecule has 29 heavy (non-hydrogen) atoms. The van der Waals surface area contributed by atoms with Crippen molar-refractivity contribution in [1.82, 2.24) is 0 Å². The van der Waals surface area contributed by atoms with Crippen molar-refractivity contribution in [3.05, 3.63) is 65.5 Å². The molecule has 2 nitrogen and oxygen atoms in total. The van der Waals surface area contributed by atoms with Crippen LogP contribution in [0.25, 0.3) is 0 Å². The zero-order chi connectivity index (χ0) is 21.8. The van der Waals surface area contributed by atoms with Gasteiger partial charge in [0, 0.05) is 32.6 Å². The van der Waals surface area contributed by atoms with Gasteiger partial charge < -0.3 is 9.84 Å². The second-order valence-electron chi connectivity index (χ2n) is 6.39. The lowest BCUT2D eigenvalue weighted by molar-refractivity contribution is 0.239. The number of aliphatic hydroxyl groups is 1. The van der Waals surface area contributed by atoms with Crippen LogP contribution in [0.1, 0.15) is 44.4 Å². The van der Waals surface area contributed by atoms with Gasteiger partial charge in [-0.15, -0.1) is 27.6 Å². The highest BCUT2D eigenvalue weighted by atomic mass is 35.5. The Kier molecular flexibility index (Phi) is 12.6. The highest BCUT2D eigenvalue weighted by Crippen LogP contribution is 2.45. The van der Waals surface area contributed by atoms with Crippen LogP contribution >= 0.6 is 32.6 Å². The van der Waals surface area contributed by atoms with Gasteiger partial charge in [0.25, 0.3) is 0 Å². The lowest BCUT2D eigenvalue weighted by Gasteiger charge is -2.27. The first kappa shape index (κ1) is 26.0. The minimum atomic E-state index is -0.197. The van der Waals surface area contributed by atoms with E-state index in [0.29, 0.717) is 28.9 Å². The number of allylic oxidation sites excluding steroid dienone is 1. The molecule has 3 rings (SSSR count). The first-order valence-electron chi connectivity index (χ1n) is 9.80. The molecule has 0 aromatic heterocycles. The molecule has 0 spiro atoms. The molecule has 0 saturated carbocycles. The summed E-state index contributed by atoms with van der Waals surface area (Å²) in [5.41, 5.74) is 0.670. The van der Waals surface area contributed by atoms with Crippen LogP contribution in [0.2, 0.25) is 5.02 Å². The summed E-state index contributed by atoms with van der Waals surface area (Å²) in [7, 11) is 2.60. The van der Waals surface area contributed by atoms with Gasteiger partial charge in [0.2, 0.25) is 0 Å². The number of thioether (sulfide) groups is 1. The van der Waals surface area contributed by atoms with Crippen LogP contribution in [0, 0.1) is 11.7 Å². The first-order valence-corrected chi connectivity index (χ1v) is 11.6. The number of hydrogen-bond acceptors (Lipinski definition) is 3. The molecule has 2 unspecified atom stereocenters. The fourth-order valence-electron chi connectivity index (χ4n) is 2.62. The first-order chi connectivity index (χ1) is 14.0. The van der Waals surface area contributed by atoms with Crippen LogP contribution < -0.4 is 10.0 Å². The van der Waals surface area contributed by atoms with Gasteiger partial charge in [-0.1, -0.05) is 38.4 Å². The van der Waals surface area contributed by atoms with E-state index in [-0.39, 0.29) is 17.7 Å². The molecule has 0 fully saturated rings. The maximum absolute atomic E-state index is 14.1. The van der Waals surface area contributed by atoms with Gasteiger partial charge in [-0.2, -0.15) is 0 Å². The van der Waals surface area contributed by atoms with Crippen molar-refractivity contribution < 1.29 is 14.2 Å². The van der Waals surface area contributed by atoms with Crippen LogP contribution in [0.15, 0.2) is 53.9 Å². The van der Waals surface area contributed by atoms with E-state index >= 15 is 0 Å². The van der Waals surface area contributed by atoms with Gasteiger partial charge in [0.15, 0.2) is 0 Å². The highest BCUT2D eigenvalue weighted by Gasteiger charge is 2.27. The Balaban J connectivity index is 0.000000399. The molecule has 0 saturated heterocycles. The summed E-state index contributed by atoms with van der Waals surface area (Å²) < 4.78 is 19.8. The minimum Gasteiger partial charge on any atom is -0.492 e. The van der Waals surface area contributed by atoms with Crippen LogP contribution in [0.4, 0.5) is 4.39 Å². The number of fused-ring (bicyclic) bond motifs is 1. The number of ether oxygens (including phenoxy) is 1. The zero-order valence-corrected chi connectivity index (χ0v) is 20.1. The lowest BCUT2D eigenvalue weighted by Crippen LogP contribution is -2.18. The van der Waals surface area contributed by atoms with Gasteiger partial charge in [-0.3, -0.25) is 0 Å². The Hall–Kier alpha value is -1.06. The largest absolute Gasteiger partial charge is 0.492 e. The molecular formula is C23H31ClFO2PS. The fraction of sp³-hybridized carbons (Fsp3) is 0.391. The zero-order valence-electron chi connectivity index (χ0n) is 17.3. The quantitative estimate of drug-likeness (QED) is 0.395. The molecule has 1 aliphatic rings. The lowest BCUT2D eigenvalue weighted by atomic mass is 10.1. The number of benzene rings is 2. The Morgan fingerprint density at radius 2 is 1.97 bits per heavy atom. The van der Waals surface area contributed by atoms with E-state index in [4.69, 9.17) is 21.4 Å². The molecule has 1 heterocycles. The van der Waals surface area contributed by atoms with Crippen molar-refractivity contribution in [3.8, 4) is 5.75 Å². The summed E-state index contributed by atoms with van der Waals surface area (Å²) >= 11 is 7.54. The van der Waals surface area contributed by atoms with Crippen LogP contribution in [0.5, 0.6) is 5.75 Å². The van der Waals surface area contributed by atoms with Crippen molar-refractivity contribution in [3.63, 3.8) is 0 Å². The molecule has 0 radical (unpaired) electrons. The van der Waals surface area contributed by atoms with E-state index in [1.54, 1.807) is 17.8 Å². The Labute approximate surface area is 186 Å². The second kappa shape index (κ2) is 14.0. The molecule has 2 aromatic carbocycles. The van der Waals surface area contributed by atoms with Crippen molar-refractivity contribution in [2.24, 2.45) is 5.92 Å². The summed E-state index contributed by atoms with van der Waals surface area (Å²) in [5, 5.41) is 10.1. The van der Waals surface area contributed by atoms with E-state index in [2.05, 4.69) is 15.8 Å². The molecule has 1 N–H and O–H groups in total. The van der Waals surface area contributed by atoms with E-state index in [9.17, 15) is 4.39 Å². The Morgan fingerprint density at radius 3 is 2.52 bits per heavy atom. The molecule has 3 atom stereocenters.